The molecule has 0 saturated carbocycles. The van der Waals surface area contributed by atoms with Crippen molar-refractivity contribution in [2.75, 3.05) is 13.7 Å². The molecule has 0 unspecified atom stereocenters. The summed E-state index contributed by atoms with van der Waals surface area (Å²) >= 11 is 0. The first-order valence-corrected chi connectivity index (χ1v) is 4.74. The summed E-state index contributed by atoms with van der Waals surface area (Å²) < 4.78 is 7.04. The highest BCUT2D eigenvalue weighted by atomic mass is 16.5. The maximum atomic E-state index is 5.04. The maximum Gasteiger partial charge on any atom is 0.0686 e. The number of benzene rings is 1. The summed E-state index contributed by atoms with van der Waals surface area (Å²) in [6.07, 6.45) is 0. The molecule has 0 atom stereocenters. The quantitative estimate of drug-likeness (QED) is 0.740. The highest BCUT2D eigenvalue weighted by Gasteiger charge is 2.04. The van der Waals surface area contributed by atoms with E-state index in [0.29, 0.717) is 6.61 Å². The van der Waals surface area contributed by atoms with Crippen molar-refractivity contribution >= 4 is 10.9 Å². The van der Waals surface area contributed by atoms with Crippen LogP contribution < -0.4 is 0 Å². The van der Waals surface area contributed by atoms with Gasteiger partial charge in [-0.15, -0.1) is 0 Å². The van der Waals surface area contributed by atoms with Gasteiger partial charge < -0.3 is 4.74 Å². The van der Waals surface area contributed by atoms with E-state index in [9.17, 15) is 0 Å². The van der Waals surface area contributed by atoms with E-state index in [1.807, 2.05) is 23.7 Å². The van der Waals surface area contributed by atoms with E-state index in [-0.39, 0.29) is 0 Å². The number of hydrogen-bond donors (Lipinski definition) is 0. The fourth-order valence-corrected chi connectivity index (χ4v) is 1.64. The van der Waals surface area contributed by atoms with Gasteiger partial charge in [-0.2, -0.15) is 5.10 Å². The highest BCUT2D eigenvalue weighted by Crippen LogP contribution is 2.16. The predicted octanol–water partition coefficient (Wildman–Crippen LogP) is 1.99. The second-order valence-corrected chi connectivity index (χ2v) is 3.32. The van der Waals surface area contributed by atoms with Crippen LogP contribution in [-0.2, 0) is 11.3 Å². The molecule has 14 heavy (non-hydrogen) atoms. The monoisotopic (exact) mass is 190 g/mol. The van der Waals surface area contributed by atoms with Crippen LogP contribution in [0.15, 0.2) is 24.3 Å². The Balaban J connectivity index is 2.44. The Morgan fingerprint density at radius 1 is 1.36 bits per heavy atom. The van der Waals surface area contributed by atoms with Crippen molar-refractivity contribution in [1.29, 1.82) is 0 Å². The smallest absolute Gasteiger partial charge is 0.0686 e. The molecule has 0 aliphatic carbocycles. The molecule has 0 spiro atoms. The van der Waals surface area contributed by atoms with Gasteiger partial charge >= 0.3 is 0 Å². The predicted molar refractivity (Wildman–Crippen MR) is 56.3 cm³/mol. The molecule has 0 amide bonds. The molecule has 1 aromatic carbocycles. The van der Waals surface area contributed by atoms with E-state index in [1.165, 1.54) is 10.9 Å². The van der Waals surface area contributed by atoms with Gasteiger partial charge in [-0.1, -0.05) is 18.2 Å². The van der Waals surface area contributed by atoms with E-state index in [4.69, 9.17) is 4.74 Å². The number of nitrogens with zero attached hydrogens (tertiary/aromatic N) is 2. The normalized spacial score (nSPS) is 11.0. The highest BCUT2D eigenvalue weighted by molar-refractivity contribution is 5.81. The molecular weight excluding hydrogens is 176 g/mol. The number of para-hydroxylation sites is 1. The number of aromatic nitrogens is 2. The zero-order chi connectivity index (χ0) is 9.97. The second-order valence-electron chi connectivity index (χ2n) is 3.32. The number of hydrogen-bond acceptors (Lipinski definition) is 2. The molecule has 3 heteroatoms. The van der Waals surface area contributed by atoms with Crippen LogP contribution in [0.2, 0.25) is 0 Å². The molecule has 0 aliphatic heterocycles. The van der Waals surface area contributed by atoms with Crippen LogP contribution in [0.1, 0.15) is 5.69 Å². The van der Waals surface area contributed by atoms with Gasteiger partial charge in [0, 0.05) is 12.5 Å². The van der Waals surface area contributed by atoms with Crippen molar-refractivity contribution in [3.05, 3.63) is 30.0 Å². The van der Waals surface area contributed by atoms with E-state index in [0.717, 1.165) is 12.2 Å². The lowest BCUT2D eigenvalue weighted by molar-refractivity contribution is 0.185. The molecule has 3 nitrogen and oxygen atoms in total. The van der Waals surface area contributed by atoms with Gasteiger partial charge in [-0.25, -0.2) is 0 Å². The third kappa shape index (κ3) is 1.51. The molecule has 0 fully saturated rings. The molecule has 2 aromatic rings. The first-order valence-electron chi connectivity index (χ1n) is 4.74. The Hall–Kier alpha value is -1.35. The molecule has 0 aliphatic rings. The standard InChI is InChI=1S/C11H14N2O/c1-9-10-5-3-4-6-11(10)13(12-9)7-8-14-2/h3-6H,7-8H2,1-2H3. The van der Waals surface area contributed by atoms with Gasteiger partial charge in [-0.3, -0.25) is 4.68 Å². The van der Waals surface area contributed by atoms with E-state index < -0.39 is 0 Å². The van der Waals surface area contributed by atoms with Crippen LogP contribution in [0.4, 0.5) is 0 Å². The van der Waals surface area contributed by atoms with E-state index in [1.54, 1.807) is 7.11 Å². The minimum atomic E-state index is 0.700. The molecule has 0 N–H and O–H groups in total. The third-order valence-corrected chi connectivity index (χ3v) is 2.35. The van der Waals surface area contributed by atoms with Crippen molar-refractivity contribution < 1.29 is 4.74 Å². The lowest BCUT2D eigenvalue weighted by atomic mass is 10.2. The van der Waals surface area contributed by atoms with Gasteiger partial charge in [0.05, 0.1) is 24.4 Å². The van der Waals surface area contributed by atoms with Gasteiger partial charge in [0.25, 0.3) is 0 Å². The van der Waals surface area contributed by atoms with Crippen LogP contribution in [0.25, 0.3) is 10.9 Å². The van der Waals surface area contributed by atoms with Crippen molar-refractivity contribution in [1.82, 2.24) is 9.78 Å². The molecule has 0 saturated heterocycles. The van der Waals surface area contributed by atoms with Gasteiger partial charge in [0.2, 0.25) is 0 Å². The summed E-state index contributed by atoms with van der Waals surface area (Å²) in [6, 6.07) is 8.26. The minimum Gasteiger partial charge on any atom is -0.383 e. The molecule has 74 valence electrons. The summed E-state index contributed by atoms with van der Waals surface area (Å²) in [5.41, 5.74) is 2.26. The van der Waals surface area contributed by atoms with E-state index >= 15 is 0 Å². The second kappa shape index (κ2) is 3.80. The minimum absolute atomic E-state index is 0.700. The first kappa shape index (κ1) is 9.21. The lowest BCUT2D eigenvalue weighted by Gasteiger charge is -2.01. The Morgan fingerprint density at radius 3 is 2.93 bits per heavy atom. The molecule has 1 aromatic heterocycles. The molecule has 0 radical (unpaired) electrons. The first-order chi connectivity index (χ1) is 6.83. The molecular formula is C11H14N2O. The van der Waals surface area contributed by atoms with Crippen molar-refractivity contribution in [3.63, 3.8) is 0 Å². The van der Waals surface area contributed by atoms with Crippen molar-refractivity contribution in [2.45, 2.75) is 13.5 Å². The summed E-state index contributed by atoms with van der Waals surface area (Å²) in [5.74, 6) is 0. The Kier molecular flexibility index (Phi) is 2.50. The Morgan fingerprint density at radius 2 is 2.14 bits per heavy atom. The van der Waals surface area contributed by atoms with Gasteiger partial charge in [0.15, 0.2) is 0 Å². The summed E-state index contributed by atoms with van der Waals surface area (Å²) in [5, 5.41) is 5.69. The Bertz CT molecular complexity index is 434. The zero-order valence-electron chi connectivity index (χ0n) is 8.53. The van der Waals surface area contributed by atoms with Gasteiger partial charge in [-0.05, 0) is 13.0 Å². The SMILES string of the molecule is COCCn1nc(C)c2ccccc21. The van der Waals surface area contributed by atoms with Crippen LogP contribution in [-0.4, -0.2) is 23.5 Å². The molecule has 1 heterocycles. The molecule has 0 bridgehead atoms. The number of methoxy groups -OCH3 is 1. The number of ether oxygens (including phenoxy) is 1. The van der Waals surface area contributed by atoms with Crippen LogP contribution in [0.3, 0.4) is 0 Å². The summed E-state index contributed by atoms with van der Waals surface area (Å²) in [4.78, 5) is 0. The van der Waals surface area contributed by atoms with Crippen molar-refractivity contribution in [3.8, 4) is 0 Å². The fraction of sp³-hybridized carbons (Fsp3) is 0.364. The van der Waals surface area contributed by atoms with Crippen LogP contribution in [0, 0.1) is 6.92 Å². The van der Waals surface area contributed by atoms with Crippen LogP contribution in [0.5, 0.6) is 0 Å². The maximum absolute atomic E-state index is 5.04. The third-order valence-electron chi connectivity index (χ3n) is 2.35. The number of fused-ring (bicyclic) bond motifs is 1. The number of rotatable bonds is 3. The van der Waals surface area contributed by atoms with Gasteiger partial charge in [0.1, 0.15) is 0 Å². The molecule has 2 rings (SSSR count). The van der Waals surface area contributed by atoms with Crippen LogP contribution >= 0.6 is 0 Å². The lowest BCUT2D eigenvalue weighted by Crippen LogP contribution is -2.05. The summed E-state index contributed by atoms with van der Waals surface area (Å²) in [6.45, 7) is 3.54. The van der Waals surface area contributed by atoms with E-state index in [2.05, 4.69) is 17.2 Å². The fourth-order valence-electron chi connectivity index (χ4n) is 1.64. The largest absolute Gasteiger partial charge is 0.383 e. The topological polar surface area (TPSA) is 27.1 Å². The average Bonchev–Trinajstić information content (AvgIpc) is 2.54. The average molecular weight is 190 g/mol. The van der Waals surface area contributed by atoms with Crippen molar-refractivity contribution in [2.24, 2.45) is 0 Å². The Labute approximate surface area is 83.3 Å². The zero-order valence-corrected chi connectivity index (χ0v) is 8.53. The summed E-state index contributed by atoms with van der Waals surface area (Å²) in [7, 11) is 1.71. The number of aryl methyl sites for hydroxylation is 1.